The van der Waals surface area contributed by atoms with Crippen molar-refractivity contribution in [3.63, 3.8) is 0 Å². The van der Waals surface area contributed by atoms with Crippen LogP contribution in [0.3, 0.4) is 0 Å². The minimum absolute atomic E-state index is 0.0825. The summed E-state index contributed by atoms with van der Waals surface area (Å²) >= 11 is 0. The molecule has 0 radical (unpaired) electrons. The molecule has 0 atom stereocenters. The maximum Gasteiger partial charge on any atom is 0.306 e. The Morgan fingerprint density at radius 2 is 1.81 bits per heavy atom. The van der Waals surface area contributed by atoms with Gasteiger partial charge in [0.05, 0.1) is 19.1 Å². The van der Waals surface area contributed by atoms with E-state index in [1.54, 1.807) is 0 Å². The molecule has 1 saturated carbocycles. The zero-order valence-electron chi connectivity index (χ0n) is 9.73. The molecule has 2 fully saturated rings. The van der Waals surface area contributed by atoms with Crippen LogP contribution in [0.5, 0.6) is 0 Å². The SMILES string of the molecule is O=C(O)C1CCC(CN2CCOCC2)CC1. The van der Waals surface area contributed by atoms with Crippen LogP contribution in [0.25, 0.3) is 0 Å². The quantitative estimate of drug-likeness (QED) is 0.787. The highest BCUT2D eigenvalue weighted by Crippen LogP contribution is 2.29. The molecule has 2 rings (SSSR count). The van der Waals surface area contributed by atoms with Gasteiger partial charge in [-0.3, -0.25) is 9.69 Å². The number of ether oxygens (including phenoxy) is 1. The molecule has 92 valence electrons. The summed E-state index contributed by atoms with van der Waals surface area (Å²) in [6.45, 7) is 4.92. The lowest BCUT2D eigenvalue weighted by molar-refractivity contribution is -0.143. The van der Waals surface area contributed by atoms with Gasteiger partial charge in [-0.15, -0.1) is 0 Å². The van der Waals surface area contributed by atoms with Gasteiger partial charge in [-0.2, -0.15) is 0 Å². The van der Waals surface area contributed by atoms with Gasteiger partial charge in [0.2, 0.25) is 0 Å². The molecule has 1 aliphatic heterocycles. The summed E-state index contributed by atoms with van der Waals surface area (Å²) in [4.78, 5) is 13.3. The van der Waals surface area contributed by atoms with Gasteiger partial charge in [-0.1, -0.05) is 0 Å². The molecule has 1 N–H and O–H groups in total. The first-order chi connectivity index (χ1) is 7.75. The molecular weight excluding hydrogens is 206 g/mol. The first-order valence-electron chi connectivity index (χ1n) is 6.28. The molecule has 1 saturated heterocycles. The summed E-state index contributed by atoms with van der Waals surface area (Å²) in [5.41, 5.74) is 0. The van der Waals surface area contributed by atoms with Gasteiger partial charge in [-0.25, -0.2) is 0 Å². The minimum Gasteiger partial charge on any atom is -0.481 e. The Labute approximate surface area is 96.6 Å². The highest BCUT2D eigenvalue weighted by atomic mass is 16.5. The summed E-state index contributed by atoms with van der Waals surface area (Å²) in [6, 6.07) is 0. The van der Waals surface area contributed by atoms with Crippen molar-refractivity contribution in [3.05, 3.63) is 0 Å². The zero-order chi connectivity index (χ0) is 11.4. The molecule has 4 heteroatoms. The van der Waals surface area contributed by atoms with Crippen molar-refractivity contribution in [1.29, 1.82) is 0 Å². The molecule has 0 bridgehead atoms. The third-order valence-corrected chi connectivity index (χ3v) is 3.82. The average Bonchev–Trinajstić information content (AvgIpc) is 2.31. The fourth-order valence-electron chi connectivity index (χ4n) is 2.74. The first kappa shape index (κ1) is 11.9. The highest BCUT2D eigenvalue weighted by Gasteiger charge is 2.27. The van der Waals surface area contributed by atoms with E-state index >= 15 is 0 Å². The third kappa shape index (κ3) is 3.19. The van der Waals surface area contributed by atoms with E-state index in [0.29, 0.717) is 5.92 Å². The Balaban J connectivity index is 1.70. The zero-order valence-corrected chi connectivity index (χ0v) is 9.73. The van der Waals surface area contributed by atoms with Crippen LogP contribution < -0.4 is 0 Å². The fourth-order valence-corrected chi connectivity index (χ4v) is 2.74. The summed E-state index contributed by atoms with van der Waals surface area (Å²) in [7, 11) is 0. The number of carboxylic acids is 1. The first-order valence-corrected chi connectivity index (χ1v) is 6.28. The lowest BCUT2D eigenvalue weighted by Crippen LogP contribution is -2.40. The number of carboxylic acid groups (broad SMARTS) is 1. The van der Waals surface area contributed by atoms with Crippen LogP contribution in [0.2, 0.25) is 0 Å². The standard InChI is InChI=1S/C12H21NO3/c14-12(15)11-3-1-10(2-4-11)9-13-5-7-16-8-6-13/h10-11H,1-9H2,(H,14,15). The van der Waals surface area contributed by atoms with E-state index in [1.165, 1.54) is 0 Å². The van der Waals surface area contributed by atoms with Crippen molar-refractivity contribution in [2.45, 2.75) is 25.7 Å². The van der Waals surface area contributed by atoms with Crippen molar-refractivity contribution in [2.24, 2.45) is 11.8 Å². The molecule has 2 aliphatic rings. The molecule has 1 heterocycles. The van der Waals surface area contributed by atoms with E-state index in [4.69, 9.17) is 9.84 Å². The van der Waals surface area contributed by atoms with E-state index < -0.39 is 5.97 Å². The predicted octanol–water partition coefficient (Wildman–Crippen LogP) is 1.21. The average molecular weight is 227 g/mol. The van der Waals surface area contributed by atoms with Crippen LogP contribution in [-0.2, 0) is 9.53 Å². The van der Waals surface area contributed by atoms with Crippen LogP contribution in [0, 0.1) is 11.8 Å². The van der Waals surface area contributed by atoms with Crippen molar-refractivity contribution in [2.75, 3.05) is 32.8 Å². The minimum atomic E-state index is -0.607. The summed E-state index contributed by atoms with van der Waals surface area (Å²) in [5, 5.41) is 8.92. The van der Waals surface area contributed by atoms with Gasteiger partial charge in [0.25, 0.3) is 0 Å². The van der Waals surface area contributed by atoms with E-state index in [9.17, 15) is 4.79 Å². The molecule has 0 aromatic carbocycles. The van der Waals surface area contributed by atoms with Crippen LogP contribution in [0.15, 0.2) is 0 Å². The van der Waals surface area contributed by atoms with Crippen molar-refractivity contribution >= 4 is 5.97 Å². The summed E-state index contributed by atoms with van der Waals surface area (Å²) < 4.78 is 5.32. The van der Waals surface area contributed by atoms with Crippen molar-refractivity contribution in [1.82, 2.24) is 4.90 Å². The third-order valence-electron chi connectivity index (χ3n) is 3.82. The maximum atomic E-state index is 10.8. The van der Waals surface area contributed by atoms with Gasteiger partial charge in [-0.05, 0) is 31.6 Å². The smallest absolute Gasteiger partial charge is 0.306 e. The van der Waals surface area contributed by atoms with Crippen LogP contribution in [-0.4, -0.2) is 48.8 Å². The Kier molecular flexibility index (Phi) is 4.18. The molecule has 4 nitrogen and oxygen atoms in total. The second kappa shape index (κ2) is 5.64. The van der Waals surface area contributed by atoms with Gasteiger partial charge in [0.1, 0.15) is 0 Å². The van der Waals surface area contributed by atoms with Gasteiger partial charge in [0.15, 0.2) is 0 Å². The van der Waals surface area contributed by atoms with Crippen LogP contribution in [0.1, 0.15) is 25.7 Å². The van der Waals surface area contributed by atoms with E-state index in [2.05, 4.69) is 4.90 Å². The fraction of sp³-hybridized carbons (Fsp3) is 0.917. The van der Waals surface area contributed by atoms with Gasteiger partial charge < -0.3 is 9.84 Å². The van der Waals surface area contributed by atoms with Gasteiger partial charge >= 0.3 is 5.97 Å². The molecule has 0 unspecified atom stereocenters. The number of morpholine rings is 1. The number of carbonyl (C=O) groups is 1. The number of hydrogen-bond donors (Lipinski definition) is 1. The van der Waals surface area contributed by atoms with Gasteiger partial charge in [0, 0.05) is 19.6 Å². The summed E-state index contributed by atoms with van der Waals surface area (Å²) in [5.74, 6) is 0.0134. The molecular formula is C12H21NO3. The van der Waals surface area contributed by atoms with E-state index in [1.807, 2.05) is 0 Å². The van der Waals surface area contributed by atoms with Crippen LogP contribution in [0.4, 0.5) is 0 Å². The number of aliphatic carboxylic acids is 1. The Morgan fingerprint density at radius 1 is 1.19 bits per heavy atom. The molecule has 0 aromatic heterocycles. The van der Waals surface area contributed by atoms with Crippen LogP contribution >= 0.6 is 0 Å². The monoisotopic (exact) mass is 227 g/mol. The Bertz CT molecular complexity index is 230. The summed E-state index contributed by atoms with van der Waals surface area (Å²) in [6.07, 6.45) is 3.89. The predicted molar refractivity (Wildman–Crippen MR) is 60.3 cm³/mol. The largest absolute Gasteiger partial charge is 0.481 e. The van der Waals surface area contributed by atoms with Crippen molar-refractivity contribution in [3.8, 4) is 0 Å². The second-order valence-corrected chi connectivity index (χ2v) is 4.97. The number of nitrogens with zero attached hydrogens (tertiary/aromatic N) is 1. The Morgan fingerprint density at radius 3 is 2.38 bits per heavy atom. The topological polar surface area (TPSA) is 49.8 Å². The normalized spacial score (nSPS) is 32.5. The molecule has 1 aliphatic carbocycles. The molecule has 0 amide bonds. The molecule has 0 aromatic rings. The number of hydrogen-bond acceptors (Lipinski definition) is 3. The maximum absolute atomic E-state index is 10.8. The van der Waals surface area contributed by atoms with Crippen molar-refractivity contribution < 1.29 is 14.6 Å². The number of rotatable bonds is 3. The lowest BCUT2D eigenvalue weighted by atomic mass is 9.82. The Hall–Kier alpha value is -0.610. The lowest BCUT2D eigenvalue weighted by Gasteiger charge is -2.33. The molecule has 16 heavy (non-hydrogen) atoms. The highest BCUT2D eigenvalue weighted by molar-refractivity contribution is 5.69. The second-order valence-electron chi connectivity index (χ2n) is 4.97. The molecule has 0 spiro atoms. The van der Waals surface area contributed by atoms with E-state index in [0.717, 1.165) is 58.5 Å². The van der Waals surface area contributed by atoms with E-state index in [-0.39, 0.29) is 5.92 Å².